The number of carbonyl (C=O) groups is 1. The zero-order valence-corrected chi connectivity index (χ0v) is 12.6. The van der Waals surface area contributed by atoms with E-state index in [-0.39, 0.29) is 23.0 Å². The van der Waals surface area contributed by atoms with E-state index < -0.39 is 0 Å². The minimum absolute atomic E-state index is 0.0646. The number of aromatic amines is 1. The Kier molecular flexibility index (Phi) is 2.87. The normalized spacial score (nSPS) is 23.7. The number of hydrogen-bond acceptors (Lipinski definition) is 3. The van der Waals surface area contributed by atoms with Gasteiger partial charge in [-0.25, -0.2) is 0 Å². The highest BCUT2D eigenvalue weighted by molar-refractivity contribution is 5.90. The molecular formula is C17H19N3O2. The molecule has 2 fully saturated rings. The molecule has 1 saturated carbocycles. The number of H-pyrrole nitrogens is 1. The van der Waals surface area contributed by atoms with Gasteiger partial charge in [0.25, 0.3) is 5.56 Å². The van der Waals surface area contributed by atoms with Crippen LogP contribution in [-0.4, -0.2) is 33.9 Å². The van der Waals surface area contributed by atoms with Crippen LogP contribution in [0.15, 0.2) is 35.3 Å². The maximum atomic E-state index is 12.3. The molecule has 2 aromatic rings. The van der Waals surface area contributed by atoms with Crippen molar-refractivity contribution in [1.29, 1.82) is 0 Å². The summed E-state index contributed by atoms with van der Waals surface area (Å²) in [6.45, 7) is 3.57. The van der Waals surface area contributed by atoms with E-state index in [0.29, 0.717) is 11.9 Å². The number of aromatic nitrogens is 1. The van der Waals surface area contributed by atoms with Gasteiger partial charge in [-0.3, -0.25) is 14.5 Å². The molecule has 0 bridgehead atoms. The van der Waals surface area contributed by atoms with Gasteiger partial charge in [0.15, 0.2) is 0 Å². The van der Waals surface area contributed by atoms with Crippen molar-refractivity contribution in [2.45, 2.75) is 37.9 Å². The number of hydrogen-bond donors (Lipinski definition) is 2. The molecule has 1 aliphatic heterocycles. The predicted molar refractivity (Wildman–Crippen MR) is 84.5 cm³/mol. The molecule has 1 unspecified atom stereocenters. The van der Waals surface area contributed by atoms with E-state index in [2.05, 4.69) is 15.2 Å². The Bertz CT molecular complexity index is 807. The number of piperazine rings is 1. The summed E-state index contributed by atoms with van der Waals surface area (Å²) in [7, 11) is 0. The van der Waals surface area contributed by atoms with Crippen LogP contribution in [0.25, 0.3) is 10.8 Å². The van der Waals surface area contributed by atoms with Crippen LogP contribution in [0.5, 0.6) is 0 Å². The molecule has 1 aromatic carbocycles. The number of fused-ring (bicyclic) bond motifs is 1. The largest absolute Gasteiger partial charge is 0.351 e. The molecule has 4 rings (SSSR count). The number of nitrogens with zero attached hydrogens (tertiary/aromatic N) is 1. The topological polar surface area (TPSA) is 65.2 Å². The van der Waals surface area contributed by atoms with Crippen molar-refractivity contribution < 1.29 is 4.79 Å². The van der Waals surface area contributed by atoms with Crippen molar-refractivity contribution in [3.8, 4) is 0 Å². The first kappa shape index (κ1) is 13.5. The second kappa shape index (κ2) is 4.68. The van der Waals surface area contributed by atoms with Crippen molar-refractivity contribution in [2.75, 3.05) is 6.54 Å². The first-order chi connectivity index (χ1) is 10.6. The molecule has 1 spiro atoms. The molecule has 2 aliphatic rings. The fraction of sp³-hybridized carbons (Fsp3) is 0.412. The maximum Gasteiger partial charge on any atom is 0.255 e. The van der Waals surface area contributed by atoms with Crippen molar-refractivity contribution >= 4 is 16.7 Å². The number of benzene rings is 1. The van der Waals surface area contributed by atoms with E-state index in [4.69, 9.17) is 0 Å². The fourth-order valence-electron chi connectivity index (χ4n) is 3.54. The van der Waals surface area contributed by atoms with Gasteiger partial charge in [-0.1, -0.05) is 18.2 Å². The van der Waals surface area contributed by atoms with Gasteiger partial charge in [0, 0.05) is 30.7 Å². The molecule has 2 N–H and O–H groups in total. The monoisotopic (exact) mass is 297 g/mol. The second-order valence-corrected chi connectivity index (χ2v) is 6.48. The Morgan fingerprint density at radius 2 is 1.95 bits per heavy atom. The third kappa shape index (κ3) is 1.96. The first-order valence-electron chi connectivity index (χ1n) is 7.75. The van der Waals surface area contributed by atoms with Gasteiger partial charge in [-0.05, 0) is 36.8 Å². The second-order valence-electron chi connectivity index (χ2n) is 6.48. The zero-order chi connectivity index (χ0) is 15.3. The quantitative estimate of drug-likeness (QED) is 0.880. The van der Waals surface area contributed by atoms with E-state index >= 15 is 0 Å². The van der Waals surface area contributed by atoms with Gasteiger partial charge in [0.1, 0.15) is 5.54 Å². The molecule has 1 saturated heterocycles. The van der Waals surface area contributed by atoms with Crippen LogP contribution >= 0.6 is 0 Å². The van der Waals surface area contributed by atoms with Crippen LogP contribution in [0, 0.1) is 0 Å². The average Bonchev–Trinajstić information content (AvgIpc) is 3.30. The summed E-state index contributed by atoms with van der Waals surface area (Å²) >= 11 is 0. The van der Waals surface area contributed by atoms with Crippen LogP contribution in [0.4, 0.5) is 0 Å². The summed E-state index contributed by atoms with van der Waals surface area (Å²) in [5, 5.41) is 4.74. The van der Waals surface area contributed by atoms with Crippen LogP contribution in [0.2, 0.25) is 0 Å². The zero-order valence-electron chi connectivity index (χ0n) is 12.6. The number of carbonyl (C=O) groups excluding carboxylic acids is 1. The van der Waals surface area contributed by atoms with Crippen molar-refractivity contribution in [3.05, 3.63) is 46.4 Å². The molecule has 1 amide bonds. The maximum absolute atomic E-state index is 12.3. The van der Waals surface area contributed by atoms with Gasteiger partial charge in [0.05, 0.1) is 0 Å². The van der Waals surface area contributed by atoms with Crippen LogP contribution in [-0.2, 0) is 11.3 Å². The predicted octanol–water partition coefficient (Wildman–Crippen LogP) is 1.38. The fourth-order valence-corrected chi connectivity index (χ4v) is 3.54. The Balaban J connectivity index is 1.73. The first-order valence-corrected chi connectivity index (χ1v) is 7.75. The highest BCUT2D eigenvalue weighted by Gasteiger charge is 2.56. The van der Waals surface area contributed by atoms with E-state index in [9.17, 15) is 9.59 Å². The molecule has 1 aliphatic carbocycles. The van der Waals surface area contributed by atoms with Gasteiger partial charge in [-0.2, -0.15) is 0 Å². The number of amides is 1. The van der Waals surface area contributed by atoms with Crippen LogP contribution < -0.4 is 10.9 Å². The summed E-state index contributed by atoms with van der Waals surface area (Å²) in [5.74, 6) is 0.153. The number of nitrogens with one attached hydrogen (secondary N) is 2. The number of rotatable bonds is 2. The summed E-state index contributed by atoms with van der Waals surface area (Å²) in [6.07, 6.45) is 3.64. The summed E-state index contributed by atoms with van der Waals surface area (Å²) < 4.78 is 0. The highest BCUT2D eigenvalue weighted by Crippen LogP contribution is 2.44. The van der Waals surface area contributed by atoms with Gasteiger partial charge >= 0.3 is 0 Å². The number of pyridine rings is 1. The minimum atomic E-state index is -0.316. The lowest BCUT2D eigenvalue weighted by Gasteiger charge is -2.39. The third-order valence-corrected chi connectivity index (χ3v) is 4.88. The molecular weight excluding hydrogens is 278 g/mol. The molecule has 2 heterocycles. The molecule has 1 atom stereocenters. The Morgan fingerprint density at radius 3 is 2.68 bits per heavy atom. The Morgan fingerprint density at radius 1 is 1.23 bits per heavy atom. The average molecular weight is 297 g/mol. The summed E-state index contributed by atoms with van der Waals surface area (Å²) in [6, 6.07) is 7.81. The standard InChI is InChI=1S/C17H19N3O2/c1-11-9-20(17(6-7-17)16(22)19-11)10-12-8-18-15(21)14-5-3-2-4-13(12)14/h2-5,8,11H,6-7,9-10H2,1H3,(H,18,21)(H,19,22). The SMILES string of the molecule is CC1CN(Cc2c[nH]c(=O)c3ccccc23)C2(CC2)C(=O)N1. The lowest BCUT2D eigenvalue weighted by Crippen LogP contribution is -2.60. The summed E-state index contributed by atoms with van der Waals surface area (Å²) in [5.41, 5.74) is 0.692. The van der Waals surface area contributed by atoms with E-state index in [1.165, 1.54) is 0 Å². The van der Waals surface area contributed by atoms with E-state index in [1.54, 1.807) is 6.20 Å². The highest BCUT2D eigenvalue weighted by atomic mass is 16.2. The van der Waals surface area contributed by atoms with Crippen molar-refractivity contribution in [1.82, 2.24) is 15.2 Å². The van der Waals surface area contributed by atoms with E-state index in [1.807, 2.05) is 31.2 Å². The summed E-state index contributed by atoms with van der Waals surface area (Å²) in [4.78, 5) is 29.3. The van der Waals surface area contributed by atoms with E-state index in [0.717, 1.165) is 30.3 Å². The molecule has 0 radical (unpaired) electrons. The van der Waals surface area contributed by atoms with Crippen molar-refractivity contribution in [3.63, 3.8) is 0 Å². The molecule has 5 nitrogen and oxygen atoms in total. The van der Waals surface area contributed by atoms with Crippen molar-refractivity contribution in [2.24, 2.45) is 0 Å². The molecule has 1 aromatic heterocycles. The van der Waals surface area contributed by atoms with Gasteiger partial charge in [-0.15, -0.1) is 0 Å². The molecule has 114 valence electrons. The Hall–Kier alpha value is -2.14. The smallest absolute Gasteiger partial charge is 0.255 e. The lowest BCUT2D eigenvalue weighted by molar-refractivity contribution is -0.132. The molecule has 22 heavy (non-hydrogen) atoms. The minimum Gasteiger partial charge on any atom is -0.351 e. The third-order valence-electron chi connectivity index (χ3n) is 4.88. The lowest BCUT2D eigenvalue weighted by atomic mass is 10.0. The van der Waals surface area contributed by atoms with Gasteiger partial charge < -0.3 is 10.3 Å². The van der Waals surface area contributed by atoms with Crippen LogP contribution in [0.3, 0.4) is 0 Å². The van der Waals surface area contributed by atoms with Crippen LogP contribution in [0.1, 0.15) is 25.3 Å². The van der Waals surface area contributed by atoms with Gasteiger partial charge in [0.2, 0.25) is 5.91 Å². The molecule has 5 heteroatoms. The Labute approximate surface area is 128 Å².